The molecule has 0 unspecified atom stereocenters. The lowest BCUT2D eigenvalue weighted by molar-refractivity contribution is 0.103. The molecule has 0 atom stereocenters. The zero-order valence-corrected chi connectivity index (χ0v) is 19.1. The third kappa shape index (κ3) is 5.59. The second kappa shape index (κ2) is 10.0. The van der Waals surface area contributed by atoms with E-state index in [9.17, 15) is 22.0 Å². The van der Waals surface area contributed by atoms with Crippen LogP contribution in [0, 0.1) is 11.6 Å². The van der Waals surface area contributed by atoms with Crippen molar-refractivity contribution in [3.05, 3.63) is 106 Å². The molecule has 0 fully saturated rings. The fraction of sp³-hybridized carbons (Fsp3) is 0.0417. The first-order chi connectivity index (χ1) is 16.3. The Bertz CT molecular complexity index is 1410. The number of carbonyl (C=O) groups is 1. The van der Waals surface area contributed by atoms with Gasteiger partial charge in [-0.2, -0.15) is 0 Å². The average molecular weight is 501 g/mol. The number of halogens is 2. The van der Waals surface area contributed by atoms with Gasteiger partial charge in [0.15, 0.2) is 11.6 Å². The molecule has 2 N–H and O–H groups in total. The molecule has 0 bridgehead atoms. The van der Waals surface area contributed by atoms with E-state index in [2.05, 4.69) is 10.0 Å². The highest BCUT2D eigenvalue weighted by atomic mass is 32.2. The van der Waals surface area contributed by atoms with Crippen molar-refractivity contribution in [3.63, 3.8) is 0 Å². The molecule has 0 aliphatic carbocycles. The van der Waals surface area contributed by atoms with Crippen molar-refractivity contribution in [2.45, 2.75) is 11.5 Å². The molecular weight excluding hydrogens is 482 g/mol. The molecule has 174 valence electrons. The molecule has 1 heterocycles. The summed E-state index contributed by atoms with van der Waals surface area (Å²) in [6.07, 6.45) is 0. The first kappa shape index (κ1) is 23.4. The molecule has 0 aliphatic rings. The highest BCUT2D eigenvalue weighted by Crippen LogP contribution is 2.27. The van der Waals surface area contributed by atoms with Gasteiger partial charge in [0.05, 0.1) is 10.6 Å². The molecule has 0 radical (unpaired) electrons. The summed E-state index contributed by atoms with van der Waals surface area (Å²) < 4.78 is 59.7. The summed E-state index contributed by atoms with van der Waals surface area (Å²) in [6, 6.07) is 20.1. The molecule has 0 aliphatic heterocycles. The third-order valence-corrected chi connectivity index (χ3v) is 6.95. The molecule has 4 rings (SSSR count). The van der Waals surface area contributed by atoms with Crippen molar-refractivity contribution in [1.82, 2.24) is 0 Å². The standard InChI is InChI=1S/C24H18F2N2O4S2/c25-20-11-10-19(14-21(20)26)34(30,31)28-22-12-13-33-23(22)24(29)27-17-6-8-18(9-7-17)32-15-16-4-2-1-3-5-16/h1-14,28H,15H2,(H,27,29). The number of benzene rings is 3. The van der Waals surface area contributed by atoms with Crippen LogP contribution in [0.1, 0.15) is 15.2 Å². The first-order valence-electron chi connectivity index (χ1n) is 9.95. The number of nitrogens with one attached hydrogen (secondary N) is 2. The van der Waals surface area contributed by atoms with Crippen molar-refractivity contribution in [3.8, 4) is 5.75 Å². The van der Waals surface area contributed by atoms with Gasteiger partial charge in [-0.1, -0.05) is 30.3 Å². The van der Waals surface area contributed by atoms with Gasteiger partial charge in [0.2, 0.25) is 0 Å². The molecular formula is C24H18F2N2O4S2. The monoisotopic (exact) mass is 500 g/mol. The topological polar surface area (TPSA) is 84.5 Å². The average Bonchev–Trinajstić information content (AvgIpc) is 3.28. The normalized spacial score (nSPS) is 11.1. The summed E-state index contributed by atoms with van der Waals surface area (Å²) in [7, 11) is -4.23. The van der Waals surface area contributed by atoms with Crippen LogP contribution in [-0.4, -0.2) is 14.3 Å². The van der Waals surface area contributed by atoms with Gasteiger partial charge in [-0.05, 0) is 59.5 Å². The van der Waals surface area contributed by atoms with Crippen LogP contribution in [0.25, 0.3) is 0 Å². The van der Waals surface area contributed by atoms with Gasteiger partial charge in [-0.3, -0.25) is 9.52 Å². The summed E-state index contributed by atoms with van der Waals surface area (Å²) in [5.74, 6) is -2.36. The minimum atomic E-state index is -4.23. The fourth-order valence-electron chi connectivity index (χ4n) is 2.98. The molecule has 34 heavy (non-hydrogen) atoms. The lowest BCUT2D eigenvalue weighted by atomic mass is 10.2. The first-order valence-corrected chi connectivity index (χ1v) is 12.3. The van der Waals surface area contributed by atoms with E-state index in [0.29, 0.717) is 24.1 Å². The van der Waals surface area contributed by atoms with Crippen LogP contribution in [-0.2, 0) is 16.6 Å². The van der Waals surface area contributed by atoms with E-state index in [1.165, 1.54) is 6.07 Å². The Morgan fingerprint density at radius 2 is 1.65 bits per heavy atom. The Morgan fingerprint density at radius 3 is 2.35 bits per heavy atom. The molecule has 0 saturated heterocycles. The zero-order valence-electron chi connectivity index (χ0n) is 17.5. The number of hydrogen-bond donors (Lipinski definition) is 2. The predicted octanol–water partition coefficient (Wildman–Crippen LogP) is 5.66. The Kier molecular flexibility index (Phi) is 6.90. The second-order valence-corrected chi connectivity index (χ2v) is 9.70. The van der Waals surface area contributed by atoms with Gasteiger partial charge in [0.1, 0.15) is 17.2 Å². The van der Waals surface area contributed by atoms with Crippen LogP contribution < -0.4 is 14.8 Å². The number of rotatable bonds is 8. The van der Waals surface area contributed by atoms with Crippen LogP contribution in [0.2, 0.25) is 0 Å². The van der Waals surface area contributed by atoms with Gasteiger partial charge < -0.3 is 10.1 Å². The van der Waals surface area contributed by atoms with Crippen molar-refractivity contribution in [1.29, 1.82) is 0 Å². The van der Waals surface area contributed by atoms with E-state index in [-0.39, 0.29) is 10.6 Å². The SMILES string of the molecule is O=C(Nc1ccc(OCc2ccccc2)cc1)c1sccc1NS(=O)(=O)c1ccc(F)c(F)c1. The number of amides is 1. The summed E-state index contributed by atoms with van der Waals surface area (Å²) in [4.78, 5) is 12.4. The highest BCUT2D eigenvalue weighted by molar-refractivity contribution is 7.92. The molecule has 6 nitrogen and oxygen atoms in total. The molecule has 10 heteroatoms. The van der Waals surface area contributed by atoms with E-state index in [1.807, 2.05) is 30.3 Å². The van der Waals surface area contributed by atoms with E-state index < -0.39 is 32.5 Å². The maximum Gasteiger partial charge on any atom is 0.267 e. The predicted molar refractivity (Wildman–Crippen MR) is 127 cm³/mol. The Balaban J connectivity index is 1.41. The van der Waals surface area contributed by atoms with Crippen molar-refractivity contribution < 1.29 is 26.7 Å². The van der Waals surface area contributed by atoms with Gasteiger partial charge in [-0.15, -0.1) is 11.3 Å². The minimum absolute atomic E-state index is 0.0232. The minimum Gasteiger partial charge on any atom is -0.489 e. The van der Waals surface area contributed by atoms with Crippen LogP contribution in [0.15, 0.2) is 89.1 Å². The molecule has 4 aromatic rings. The quantitative estimate of drug-likeness (QED) is 0.327. The van der Waals surface area contributed by atoms with Gasteiger partial charge in [-0.25, -0.2) is 17.2 Å². The number of hydrogen-bond acceptors (Lipinski definition) is 5. The molecule has 0 saturated carbocycles. The van der Waals surface area contributed by atoms with Crippen LogP contribution >= 0.6 is 11.3 Å². The van der Waals surface area contributed by atoms with E-state index in [0.717, 1.165) is 29.0 Å². The number of sulfonamides is 1. The maximum absolute atomic E-state index is 13.5. The van der Waals surface area contributed by atoms with Crippen molar-refractivity contribution in [2.24, 2.45) is 0 Å². The summed E-state index contributed by atoms with van der Waals surface area (Å²) in [6.45, 7) is 0.406. The number of carbonyl (C=O) groups excluding carboxylic acids is 1. The largest absolute Gasteiger partial charge is 0.489 e. The highest BCUT2D eigenvalue weighted by Gasteiger charge is 2.21. The van der Waals surface area contributed by atoms with Gasteiger partial charge in [0, 0.05) is 5.69 Å². The summed E-state index contributed by atoms with van der Waals surface area (Å²) >= 11 is 1.03. The van der Waals surface area contributed by atoms with Crippen molar-refractivity contribution >= 4 is 38.6 Å². The van der Waals surface area contributed by atoms with Crippen LogP contribution in [0.5, 0.6) is 5.75 Å². The van der Waals surface area contributed by atoms with E-state index >= 15 is 0 Å². The zero-order chi connectivity index (χ0) is 24.1. The smallest absolute Gasteiger partial charge is 0.267 e. The van der Waals surface area contributed by atoms with E-state index in [4.69, 9.17) is 4.74 Å². The molecule has 1 aromatic heterocycles. The summed E-state index contributed by atoms with van der Waals surface area (Å²) in [5.41, 5.74) is 1.53. The van der Waals surface area contributed by atoms with Crippen molar-refractivity contribution in [2.75, 3.05) is 10.0 Å². The Hall–Kier alpha value is -3.76. The summed E-state index contributed by atoms with van der Waals surface area (Å²) in [5, 5.41) is 4.24. The molecule has 0 spiro atoms. The number of ether oxygens (including phenoxy) is 1. The number of anilines is 2. The maximum atomic E-state index is 13.5. The second-order valence-electron chi connectivity index (χ2n) is 7.10. The third-order valence-electron chi connectivity index (χ3n) is 4.68. The lowest BCUT2D eigenvalue weighted by Gasteiger charge is -2.10. The lowest BCUT2D eigenvalue weighted by Crippen LogP contribution is -2.17. The molecule has 1 amide bonds. The Labute approximate surface area is 198 Å². The van der Waals surface area contributed by atoms with Crippen LogP contribution in [0.3, 0.4) is 0 Å². The van der Waals surface area contributed by atoms with Gasteiger partial charge >= 0.3 is 0 Å². The number of thiophene rings is 1. The van der Waals surface area contributed by atoms with Gasteiger partial charge in [0.25, 0.3) is 15.9 Å². The van der Waals surface area contributed by atoms with Crippen LogP contribution in [0.4, 0.5) is 20.2 Å². The Morgan fingerprint density at radius 1 is 0.912 bits per heavy atom. The molecule has 3 aromatic carbocycles. The van der Waals surface area contributed by atoms with E-state index in [1.54, 1.807) is 29.6 Å². The fourth-order valence-corrected chi connectivity index (χ4v) is 4.87.